The number of nitrogens with one attached hydrogen (secondary N) is 1. The molecule has 2 atom stereocenters. The number of anilines is 1. The van der Waals surface area contributed by atoms with Crippen molar-refractivity contribution >= 4 is 17.6 Å². The second-order valence-corrected chi connectivity index (χ2v) is 9.98. The van der Waals surface area contributed by atoms with Crippen LogP contribution < -0.4 is 10.1 Å². The first-order chi connectivity index (χ1) is 19.5. The number of benzene rings is 2. The number of fused-ring (bicyclic) bond motifs is 2. The zero-order chi connectivity index (χ0) is 27.7. The standard InChI is InChI=1S/C30H29N5O5/c1-3-39-28(36)22-12-13-25(31-19(22)2)23-8-4-7-11-27(23)40-16-20-15-35(34-33-20)21-14-30(18-38-17-21)24-9-5-6-10-26(24)32-29(30)37/h4-13,15,21H,3,14,16-18H2,1-2H3,(H,32,37). The number of ether oxygens (including phenoxy) is 3. The van der Waals surface area contributed by atoms with Crippen molar-refractivity contribution < 1.29 is 23.8 Å². The molecule has 0 saturated carbocycles. The minimum absolute atomic E-state index is 0.0437. The molecule has 2 aromatic heterocycles. The van der Waals surface area contributed by atoms with E-state index < -0.39 is 11.4 Å². The van der Waals surface area contributed by atoms with Crippen molar-refractivity contribution in [2.75, 3.05) is 25.1 Å². The fourth-order valence-electron chi connectivity index (χ4n) is 5.43. The average molecular weight is 540 g/mol. The predicted molar refractivity (Wildman–Crippen MR) is 146 cm³/mol. The van der Waals surface area contributed by atoms with Crippen LogP contribution in [0.5, 0.6) is 5.75 Å². The largest absolute Gasteiger partial charge is 0.486 e. The molecule has 0 bridgehead atoms. The van der Waals surface area contributed by atoms with Crippen LogP contribution in [0.4, 0.5) is 5.69 Å². The number of hydrogen-bond acceptors (Lipinski definition) is 8. The predicted octanol–water partition coefficient (Wildman–Crippen LogP) is 4.26. The summed E-state index contributed by atoms with van der Waals surface area (Å²) in [4.78, 5) is 29.8. The van der Waals surface area contributed by atoms with Gasteiger partial charge in [-0.2, -0.15) is 0 Å². The Labute approximate surface area is 231 Å². The topological polar surface area (TPSA) is 117 Å². The highest BCUT2D eigenvalue weighted by Crippen LogP contribution is 2.45. The first-order valence-electron chi connectivity index (χ1n) is 13.2. The molecule has 2 aliphatic rings. The normalized spacial score (nSPS) is 19.8. The highest BCUT2D eigenvalue weighted by Gasteiger charge is 2.50. The number of pyridine rings is 1. The molecule has 2 aromatic carbocycles. The van der Waals surface area contributed by atoms with Gasteiger partial charge in [-0.25, -0.2) is 9.48 Å². The zero-order valence-electron chi connectivity index (χ0n) is 22.3. The smallest absolute Gasteiger partial charge is 0.339 e. The molecule has 1 saturated heterocycles. The summed E-state index contributed by atoms with van der Waals surface area (Å²) >= 11 is 0. The SMILES string of the molecule is CCOC(=O)c1ccc(-c2ccccc2OCc2cn(C3COCC4(C3)C(=O)Nc3ccccc34)nn2)nc1C. The van der Waals surface area contributed by atoms with Crippen LogP contribution in [0.15, 0.2) is 66.9 Å². The zero-order valence-corrected chi connectivity index (χ0v) is 22.3. The van der Waals surface area contributed by atoms with Crippen molar-refractivity contribution in [3.63, 3.8) is 0 Å². The van der Waals surface area contributed by atoms with Gasteiger partial charge in [0.1, 0.15) is 23.5 Å². The number of esters is 1. The Morgan fingerprint density at radius 1 is 1.15 bits per heavy atom. The maximum absolute atomic E-state index is 13.0. The second-order valence-electron chi connectivity index (χ2n) is 9.98. The summed E-state index contributed by atoms with van der Waals surface area (Å²) in [5.41, 5.74) is 4.20. The molecule has 1 N–H and O–H groups in total. The van der Waals surface area contributed by atoms with Crippen LogP contribution >= 0.6 is 0 Å². The summed E-state index contributed by atoms with van der Waals surface area (Å²) in [7, 11) is 0. The van der Waals surface area contributed by atoms with Gasteiger partial charge < -0.3 is 19.5 Å². The lowest BCUT2D eigenvalue weighted by molar-refractivity contribution is -0.127. The second kappa shape index (κ2) is 10.5. The van der Waals surface area contributed by atoms with E-state index in [0.717, 1.165) is 16.8 Å². The molecule has 2 unspecified atom stereocenters. The van der Waals surface area contributed by atoms with E-state index >= 15 is 0 Å². The van der Waals surface area contributed by atoms with Crippen molar-refractivity contribution in [2.24, 2.45) is 0 Å². The summed E-state index contributed by atoms with van der Waals surface area (Å²) < 4.78 is 19.0. The highest BCUT2D eigenvalue weighted by atomic mass is 16.5. The number of nitrogens with zero attached hydrogens (tertiary/aromatic N) is 4. The molecule has 0 aliphatic carbocycles. The molecule has 6 rings (SSSR count). The Hall–Kier alpha value is -4.57. The number of hydrogen-bond donors (Lipinski definition) is 1. The Morgan fingerprint density at radius 3 is 2.83 bits per heavy atom. The summed E-state index contributed by atoms with van der Waals surface area (Å²) in [6.45, 7) is 4.83. The highest BCUT2D eigenvalue weighted by molar-refractivity contribution is 6.06. The van der Waals surface area contributed by atoms with Gasteiger partial charge in [-0.1, -0.05) is 35.5 Å². The molecule has 1 amide bonds. The monoisotopic (exact) mass is 539 g/mol. The third-order valence-corrected chi connectivity index (χ3v) is 7.42. The van der Waals surface area contributed by atoms with Gasteiger partial charge >= 0.3 is 5.97 Å². The van der Waals surface area contributed by atoms with Gasteiger partial charge in [-0.15, -0.1) is 5.10 Å². The van der Waals surface area contributed by atoms with Crippen LogP contribution in [0.1, 0.15) is 46.7 Å². The van der Waals surface area contributed by atoms with Crippen molar-refractivity contribution in [3.05, 3.63) is 89.4 Å². The van der Waals surface area contributed by atoms with Gasteiger partial charge in [-0.05, 0) is 56.2 Å². The van der Waals surface area contributed by atoms with Gasteiger partial charge in [0, 0.05) is 11.3 Å². The van der Waals surface area contributed by atoms with E-state index in [2.05, 4.69) is 20.6 Å². The maximum atomic E-state index is 13.0. The van der Waals surface area contributed by atoms with Gasteiger partial charge in [0.2, 0.25) is 5.91 Å². The third-order valence-electron chi connectivity index (χ3n) is 7.42. The van der Waals surface area contributed by atoms with E-state index in [-0.39, 0.29) is 18.6 Å². The van der Waals surface area contributed by atoms with Crippen LogP contribution in [0.3, 0.4) is 0 Å². The van der Waals surface area contributed by atoms with E-state index in [0.29, 0.717) is 54.6 Å². The number of carbonyl (C=O) groups is 2. The van der Waals surface area contributed by atoms with E-state index in [4.69, 9.17) is 14.2 Å². The van der Waals surface area contributed by atoms with E-state index in [1.807, 2.05) is 54.7 Å². The first kappa shape index (κ1) is 25.7. The number of carbonyl (C=O) groups excluding carboxylic acids is 2. The molecule has 0 radical (unpaired) electrons. The molecule has 204 valence electrons. The lowest BCUT2D eigenvalue weighted by Gasteiger charge is -2.36. The van der Waals surface area contributed by atoms with Crippen LogP contribution in [-0.4, -0.2) is 51.7 Å². The number of amides is 1. The van der Waals surface area contributed by atoms with Crippen molar-refractivity contribution in [1.82, 2.24) is 20.0 Å². The van der Waals surface area contributed by atoms with Crippen molar-refractivity contribution in [2.45, 2.75) is 38.3 Å². The average Bonchev–Trinajstić information content (AvgIpc) is 3.55. The number of aryl methyl sites for hydroxylation is 1. The summed E-state index contributed by atoms with van der Waals surface area (Å²) in [6, 6.07) is 18.7. The van der Waals surface area contributed by atoms with Crippen molar-refractivity contribution in [1.29, 1.82) is 0 Å². The Kier molecular flexibility index (Phi) is 6.77. The summed E-state index contributed by atoms with van der Waals surface area (Å²) in [5.74, 6) is 0.198. The Morgan fingerprint density at radius 2 is 1.98 bits per heavy atom. The molecular weight excluding hydrogens is 510 g/mol. The summed E-state index contributed by atoms with van der Waals surface area (Å²) in [5, 5.41) is 11.7. The Bertz CT molecular complexity index is 1580. The number of para-hydroxylation sites is 2. The molecule has 2 aliphatic heterocycles. The molecule has 10 nitrogen and oxygen atoms in total. The molecule has 10 heteroatoms. The summed E-state index contributed by atoms with van der Waals surface area (Å²) in [6.07, 6.45) is 2.40. The van der Waals surface area contributed by atoms with E-state index in [1.54, 1.807) is 30.7 Å². The third kappa shape index (κ3) is 4.60. The quantitative estimate of drug-likeness (QED) is 0.346. The van der Waals surface area contributed by atoms with E-state index in [9.17, 15) is 9.59 Å². The van der Waals surface area contributed by atoms with E-state index in [1.165, 1.54) is 0 Å². The van der Waals surface area contributed by atoms with Gasteiger partial charge in [0.05, 0.1) is 49.0 Å². The molecule has 4 aromatic rings. The van der Waals surface area contributed by atoms with Crippen LogP contribution in [-0.2, 0) is 26.3 Å². The van der Waals surface area contributed by atoms with Crippen LogP contribution in [0.2, 0.25) is 0 Å². The van der Waals surface area contributed by atoms with Gasteiger partial charge in [-0.3, -0.25) is 9.78 Å². The molecular formula is C30H29N5O5. The van der Waals surface area contributed by atoms with Gasteiger partial charge in [0.25, 0.3) is 0 Å². The fraction of sp³-hybridized carbons (Fsp3) is 0.300. The maximum Gasteiger partial charge on any atom is 0.339 e. The first-order valence-corrected chi connectivity index (χ1v) is 13.2. The van der Waals surface area contributed by atoms with Crippen LogP contribution in [0.25, 0.3) is 11.3 Å². The van der Waals surface area contributed by atoms with Gasteiger partial charge in [0.15, 0.2) is 0 Å². The minimum atomic E-state index is -0.741. The molecule has 1 fully saturated rings. The Balaban J connectivity index is 1.17. The molecule has 1 spiro atoms. The van der Waals surface area contributed by atoms with Crippen molar-refractivity contribution in [3.8, 4) is 17.0 Å². The fourth-order valence-corrected chi connectivity index (χ4v) is 5.43. The lowest BCUT2D eigenvalue weighted by Crippen LogP contribution is -2.46. The van der Waals surface area contributed by atoms with Crippen LogP contribution in [0, 0.1) is 6.92 Å². The lowest BCUT2D eigenvalue weighted by atomic mass is 9.76. The number of rotatable bonds is 7. The minimum Gasteiger partial charge on any atom is -0.486 e. The molecule has 4 heterocycles. The molecule has 40 heavy (non-hydrogen) atoms. The number of aromatic nitrogens is 4.